The molecule has 0 fully saturated rings. The predicted molar refractivity (Wildman–Crippen MR) is 95.9 cm³/mol. The minimum Gasteiger partial charge on any atom is -0.339 e. The number of hydrogen-bond acceptors (Lipinski definition) is 4. The molecule has 3 aromatic rings. The first-order valence-electron chi connectivity index (χ1n) is 8.09. The highest BCUT2D eigenvalue weighted by Gasteiger charge is 2.09. The number of nitrogens with zero attached hydrogens (tertiary/aromatic N) is 2. The number of aromatic nitrogens is 2. The third-order valence-corrected chi connectivity index (χ3v) is 4.10. The van der Waals surface area contributed by atoms with Gasteiger partial charge in [-0.3, -0.25) is 0 Å². The molecule has 0 amide bonds. The van der Waals surface area contributed by atoms with E-state index in [2.05, 4.69) is 28.4 Å². The number of hydrogen-bond donors (Lipinski definition) is 1. The molecule has 124 valence electrons. The molecule has 5 heteroatoms. The second-order valence-corrected chi connectivity index (χ2v) is 6.15. The average molecular weight is 342 g/mol. The first-order chi connectivity index (χ1) is 11.7. The summed E-state index contributed by atoms with van der Waals surface area (Å²) in [6.07, 6.45) is 1.69. The summed E-state index contributed by atoms with van der Waals surface area (Å²) in [6, 6.07) is 18.0. The van der Waals surface area contributed by atoms with Crippen molar-refractivity contribution in [2.24, 2.45) is 0 Å². The van der Waals surface area contributed by atoms with Crippen molar-refractivity contribution in [3.8, 4) is 11.4 Å². The molecule has 24 heavy (non-hydrogen) atoms. The Hall–Kier alpha value is -2.17. The third-order valence-electron chi connectivity index (χ3n) is 3.87. The Morgan fingerprint density at radius 2 is 1.96 bits per heavy atom. The minimum absolute atomic E-state index is 0.256. The fraction of sp³-hybridized carbons (Fsp3) is 0.263. The van der Waals surface area contributed by atoms with Gasteiger partial charge in [0.2, 0.25) is 11.7 Å². The van der Waals surface area contributed by atoms with E-state index in [1.165, 1.54) is 5.56 Å². The molecule has 0 spiro atoms. The highest BCUT2D eigenvalue weighted by Crippen LogP contribution is 2.18. The van der Waals surface area contributed by atoms with Crippen molar-refractivity contribution in [1.29, 1.82) is 0 Å². The van der Waals surface area contributed by atoms with Crippen LogP contribution in [0.1, 0.15) is 30.8 Å². The lowest BCUT2D eigenvalue weighted by molar-refractivity contribution is 0.373. The quantitative estimate of drug-likeness (QED) is 0.634. The molecule has 0 aliphatic carbocycles. The van der Waals surface area contributed by atoms with Gasteiger partial charge in [0.05, 0.1) is 0 Å². The normalized spacial score (nSPS) is 12.2. The molecule has 0 saturated carbocycles. The predicted octanol–water partition coefficient (Wildman–Crippen LogP) is 4.67. The minimum atomic E-state index is 0.256. The Labute approximate surface area is 146 Å². The van der Waals surface area contributed by atoms with Crippen LogP contribution in [-0.2, 0) is 6.42 Å². The van der Waals surface area contributed by atoms with Crippen LogP contribution in [0.3, 0.4) is 0 Å². The Kier molecular flexibility index (Phi) is 5.62. The zero-order valence-electron chi connectivity index (χ0n) is 13.6. The fourth-order valence-corrected chi connectivity index (χ4v) is 2.71. The molecule has 2 aromatic carbocycles. The number of rotatable bonds is 7. The van der Waals surface area contributed by atoms with Crippen LogP contribution >= 0.6 is 11.6 Å². The Morgan fingerprint density at radius 1 is 1.12 bits per heavy atom. The molecule has 1 heterocycles. The van der Waals surface area contributed by atoms with E-state index in [0.29, 0.717) is 11.7 Å². The smallest absolute Gasteiger partial charge is 0.227 e. The van der Waals surface area contributed by atoms with Gasteiger partial charge in [-0.2, -0.15) is 4.98 Å². The summed E-state index contributed by atoms with van der Waals surface area (Å²) in [5, 5.41) is 8.29. The molecule has 1 atom stereocenters. The molecule has 1 N–H and O–H groups in total. The lowest BCUT2D eigenvalue weighted by Crippen LogP contribution is -2.20. The molecule has 0 aliphatic heterocycles. The summed E-state index contributed by atoms with van der Waals surface area (Å²) < 4.78 is 5.32. The SMILES string of the molecule is CC(NCCCc1nc(-c2ccccc2)no1)c1cccc(Cl)c1. The number of benzene rings is 2. The molecular weight excluding hydrogens is 322 g/mol. The van der Waals surface area contributed by atoms with Crippen LogP contribution in [0.2, 0.25) is 5.02 Å². The highest BCUT2D eigenvalue weighted by atomic mass is 35.5. The zero-order chi connectivity index (χ0) is 16.8. The van der Waals surface area contributed by atoms with Crippen molar-refractivity contribution in [1.82, 2.24) is 15.5 Å². The van der Waals surface area contributed by atoms with Gasteiger partial charge < -0.3 is 9.84 Å². The summed E-state index contributed by atoms with van der Waals surface area (Å²) in [6.45, 7) is 3.00. The van der Waals surface area contributed by atoms with E-state index >= 15 is 0 Å². The van der Waals surface area contributed by atoms with Crippen LogP contribution < -0.4 is 5.32 Å². The summed E-state index contributed by atoms with van der Waals surface area (Å²) in [7, 11) is 0. The maximum Gasteiger partial charge on any atom is 0.227 e. The Bertz CT molecular complexity index is 773. The van der Waals surface area contributed by atoms with E-state index in [-0.39, 0.29) is 6.04 Å². The van der Waals surface area contributed by atoms with Crippen LogP contribution in [0.5, 0.6) is 0 Å². The van der Waals surface area contributed by atoms with Crippen LogP contribution in [0.25, 0.3) is 11.4 Å². The van der Waals surface area contributed by atoms with Gasteiger partial charge in [0, 0.05) is 23.0 Å². The molecule has 0 saturated heterocycles. The lowest BCUT2D eigenvalue weighted by Gasteiger charge is -2.14. The fourth-order valence-electron chi connectivity index (χ4n) is 2.51. The maximum atomic E-state index is 6.03. The first kappa shape index (κ1) is 16.7. The van der Waals surface area contributed by atoms with Crippen molar-refractivity contribution < 1.29 is 4.52 Å². The molecule has 0 bridgehead atoms. The van der Waals surface area contributed by atoms with Crippen molar-refractivity contribution in [3.05, 3.63) is 71.1 Å². The molecule has 0 radical (unpaired) electrons. The van der Waals surface area contributed by atoms with Crippen LogP contribution in [-0.4, -0.2) is 16.7 Å². The van der Waals surface area contributed by atoms with E-state index in [0.717, 1.165) is 30.0 Å². The van der Waals surface area contributed by atoms with Crippen LogP contribution in [0, 0.1) is 0 Å². The van der Waals surface area contributed by atoms with E-state index in [1.54, 1.807) is 0 Å². The molecule has 0 aliphatic rings. The molecule has 3 rings (SSSR count). The van der Waals surface area contributed by atoms with Crippen LogP contribution in [0.4, 0.5) is 0 Å². The van der Waals surface area contributed by atoms with Gasteiger partial charge in [-0.15, -0.1) is 0 Å². The maximum absolute atomic E-state index is 6.03. The Morgan fingerprint density at radius 3 is 2.75 bits per heavy atom. The van der Waals surface area contributed by atoms with Gasteiger partial charge in [0.15, 0.2) is 0 Å². The van der Waals surface area contributed by atoms with E-state index < -0.39 is 0 Å². The summed E-state index contributed by atoms with van der Waals surface area (Å²) in [5.41, 5.74) is 2.16. The second kappa shape index (κ2) is 8.08. The summed E-state index contributed by atoms with van der Waals surface area (Å²) in [5.74, 6) is 1.32. The molecular formula is C19H20ClN3O. The third kappa shape index (κ3) is 4.43. The molecule has 1 aromatic heterocycles. The van der Waals surface area contributed by atoms with Gasteiger partial charge in [-0.05, 0) is 37.6 Å². The highest BCUT2D eigenvalue weighted by molar-refractivity contribution is 6.30. The first-order valence-corrected chi connectivity index (χ1v) is 8.47. The largest absolute Gasteiger partial charge is 0.339 e. The lowest BCUT2D eigenvalue weighted by atomic mass is 10.1. The number of aryl methyl sites for hydroxylation is 1. The summed E-state index contributed by atoms with van der Waals surface area (Å²) in [4.78, 5) is 4.44. The molecule has 1 unspecified atom stereocenters. The van der Waals surface area contributed by atoms with E-state index in [9.17, 15) is 0 Å². The second-order valence-electron chi connectivity index (χ2n) is 5.71. The van der Waals surface area contributed by atoms with Crippen molar-refractivity contribution in [2.45, 2.75) is 25.8 Å². The van der Waals surface area contributed by atoms with Crippen molar-refractivity contribution in [2.75, 3.05) is 6.54 Å². The van der Waals surface area contributed by atoms with Crippen molar-refractivity contribution in [3.63, 3.8) is 0 Å². The zero-order valence-corrected chi connectivity index (χ0v) is 14.3. The van der Waals surface area contributed by atoms with Gasteiger partial charge in [-0.1, -0.05) is 59.2 Å². The average Bonchev–Trinajstić information content (AvgIpc) is 3.08. The van der Waals surface area contributed by atoms with Crippen LogP contribution in [0.15, 0.2) is 59.1 Å². The van der Waals surface area contributed by atoms with Gasteiger partial charge in [0.1, 0.15) is 0 Å². The number of nitrogens with one attached hydrogen (secondary N) is 1. The van der Waals surface area contributed by atoms with E-state index in [4.69, 9.17) is 16.1 Å². The Balaban J connectivity index is 1.46. The summed E-state index contributed by atoms with van der Waals surface area (Å²) >= 11 is 6.03. The van der Waals surface area contributed by atoms with Gasteiger partial charge in [-0.25, -0.2) is 0 Å². The van der Waals surface area contributed by atoms with E-state index in [1.807, 2.05) is 48.5 Å². The standard InChI is InChI=1S/C19H20ClN3O/c1-14(16-9-5-10-17(20)13-16)21-12-6-11-18-22-19(23-24-18)15-7-3-2-4-8-15/h2-5,7-10,13-14,21H,6,11-12H2,1H3. The van der Waals surface area contributed by atoms with Gasteiger partial charge in [0.25, 0.3) is 0 Å². The molecule has 4 nitrogen and oxygen atoms in total. The number of halogens is 1. The van der Waals surface area contributed by atoms with Crippen molar-refractivity contribution >= 4 is 11.6 Å². The topological polar surface area (TPSA) is 51.0 Å². The monoisotopic (exact) mass is 341 g/mol. The van der Waals surface area contributed by atoms with Gasteiger partial charge >= 0.3 is 0 Å².